The molecule has 160 valence electrons. The number of thioether (sulfide) groups is 1. The summed E-state index contributed by atoms with van der Waals surface area (Å²) in [6.07, 6.45) is 5.33. The first kappa shape index (κ1) is 21.5. The first-order chi connectivity index (χ1) is 15.0. The van der Waals surface area contributed by atoms with E-state index in [0.717, 1.165) is 48.1 Å². The molecule has 9 heteroatoms. The Labute approximate surface area is 189 Å². The van der Waals surface area contributed by atoms with E-state index in [1.165, 1.54) is 23.1 Å². The number of hydrogen-bond donors (Lipinski definition) is 1. The van der Waals surface area contributed by atoms with E-state index in [2.05, 4.69) is 26.9 Å². The number of tetrazole rings is 1. The SMILES string of the molecule is Cc1cccc(-n2nnnc2SC(C)C(=O)Nc2sc3c(c2C#N)CCCCC3)c1C. The van der Waals surface area contributed by atoms with Crippen LogP contribution in [0.15, 0.2) is 23.4 Å². The monoisotopic (exact) mass is 452 g/mol. The summed E-state index contributed by atoms with van der Waals surface area (Å²) in [5, 5.41) is 25.5. The van der Waals surface area contributed by atoms with Crippen molar-refractivity contribution in [3.05, 3.63) is 45.3 Å². The Morgan fingerprint density at radius 1 is 1.29 bits per heavy atom. The van der Waals surface area contributed by atoms with Crippen molar-refractivity contribution < 1.29 is 4.79 Å². The van der Waals surface area contributed by atoms with Crippen LogP contribution in [0.5, 0.6) is 0 Å². The first-order valence-electron chi connectivity index (χ1n) is 10.4. The molecule has 0 fully saturated rings. The number of nitrogens with one attached hydrogen (secondary N) is 1. The molecule has 0 aliphatic heterocycles. The van der Waals surface area contributed by atoms with Crippen LogP contribution in [-0.4, -0.2) is 31.4 Å². The minimum Gasteiger partial charge on any atom is -0.316 e. The maximum atomic E-state index is 12.9. The Morgan fingerprint density at radius 3 is 2.90 bits per heavy atom. The summed E-state index contributed by atoms with van der Waals surface area (Å²) in [6, 6.07) is 8.29. The zero-order valence-corrected chi connectivity index (χ0v) is 19.4. The van der Waals surface area contributed by atoms with Gasteiger partial charge in [0.1, 0.15) is 11.1 Å². The molecule has 3 aromatic rings. The fraction of sp³-hybridized carbons (Fsp3) is 0.409. The smallest absolute Gasteiger partial charge is 0.238 e. The minimum absolute atomic E-state index is 0.159. The number of amides is 1. The third-order valence-corrected chi connectivity index (χ3v) is 7.91. The number of aryl methyl sites for hydroxylation is 2. The quantitative estimate of drug-likeness (QED) is 0.449. The van der Waals surface area contributed by atoms with Crippen LogP contribution in [0.1, 0.15) is 53.3 Å². The van der Waals surface area contributed by atoms with E-state index in [0.29, 0.717) is 15.7 Å². The Hall–Kier alpha value is -2.70. The Kier molecular flexibility index (Phi) is 6.39. The molecule has 1 atom stereocenters. The average molecular weight is 453 g/mol. The van der Waals surface area contributed by atoms with E-state index in [-0.39, 0.29) is 5.91 Å². The van der Waals surface area contributed by atoms with Crippen LogP contribution in [0, 0.1) is 25.2 Å². The van der Waals surface area contributed by atoms with Crippen molar-refractivity contribution in [2.24, 2.45) is 0 Å². The zero-order valence-electron chi connectivity index (χ0n) is 17.8. The fourth-order valence-corrected chi connectivity index (χ4v) is 5.79. The van der Waals surface area contributed by atoms with Crippen molar-refractivity contribution in [2.45, 2.75) is 63.3 Å². The number of nitrogens with zero attached hydrogens (tertiary/aromatic N) is 5. The minimum atomic E-state index is -0.427. The molecule has 4 rings (SSSR count). The summed E-state index contributed by atoms with van der Waals surface area (Å²) in [6.45, 7) is 5.90. The highest BCUT2D eigenvalue weighted by Gasteiger charge is 2.24. The Balaban J connectivity index is 1.52. The van der Waals surface area contributed by atoms with Gasteiger partial charge in [-0.15, -0.1) is 16.4 Å². The summed E-state index contributed by atoms with van der Waals surface area (Å²) in [7, 11) is 0. The Morgan fingerprint density at radius 2 is 2.10 bits per heavy atom. The number of thiophene rings is 1. The van der Waals surface area contributed by atoms with Crippen LogP contribution in [0.3, 0.4) is 0 Å². The molecule has 1 aliphatic carbocycles. The molecule has 0 radical (unpaired) electrons. The van der Waals surface area contributed by atoms with Gasteiger partial charge in [-0.25, -0.2) is 0 Å². The van der Waals surface area contributed by atoms with Gasteiger partial charge in [-0.2, -0.15) is 9.94 Å². The van der Waals surface area contributed by atoms with Gasteiger partial charge in [-0.05, 0) is 79.6 Å². The standard InChI is InChI=1S/C22H24N6OS2/c1-13-8-7-10-18(14(13)2)28-22(25-26-27-28)30-15(3)20(29)24-21-17(12-23)16-9-5-4-6-11-19(16)31-21/h7-8,10,15H,4-6,9,11H2,1-3H3,(H,24,29). The molecule has 1 amide bonds. The van der Waals surface area contributed by atoms with Crippen molar-refractivity contribution >= 4 is 34.0 Å². The summed E-state index contributed by atoms with van der Waals surface area (Å²) in [5.41, 5.74) is 4.89. The number of nitriles is 1. The highest BCUT2D eigenvalue weighted by Crippen LogP contribution is 2.37. The molecule has 1 N–H and O–H groups in total. The molecular formula is C22H24N6OS2. The molecule has 0 bridgehead atoms. The van der Waals surface area contributed by atoms with Crippen LogP contribution < -0.4 is 5.32 Å². The van der Waals surface area contributed by atoms with Gasteiger partial charge in [0.15, 0.2) is 0 Å². The molecule has 1 unspecified atom stereocenters. The maximum absolute atomic E-state index is 12.9. The molecule has 2 aromatic heterocycles. The third kappa shape index (κ3) is 4.36. The van der Waals surface area contributed by atoms with Gasteiger partial charge in [0.05, 0.1) is 16.5 Å². The lowest BCUT2D eigenvalue weighted by atomic mass is 10.1. The normalized spacial score (nSPS) is 14.4. The second kappa shape index (κ2) is 9.20. The van der Waals surface area contributed by atoms with Crippen LogP contribution in [0.4, 0.5) is 5.00 Å². The predicted molar refractivity (Wildman–Crippen MR) is 123 cm³/mol. The lowest BCUT2D eigenvalue weighted by Gasteiger charge is -2.13. The number of fused-ring (bicyclic) bond motifs is 1. The fourth-order valence-electron chi connectivity index (χ4n) is 3.74. The van der Waals surface area contributed by atoms with Crippen molar-refractivity contribution in [1.82, 2.24) is 20.2 Å². The van der Waals surface area contributed by atoms with Gasteiger partial charge < -0.3 is 5.32 Å². The predicted octanol–water partition coefficient (Wildman–Crippen LogP) is 4.60. The van der Waals surface area contributed by atoms with Gasteiger partial charge in [-0.1, -0.05) is 30.3 Å². The van der Waals surface area contributed by atoms with E-state index in [9.17, 15) is 10.1 Å². The van der Waals surface area contributed by atoms with Crippen molar-refractivity contribution in [2.75, 3.05) is 5.32 Å². The van der Waals surface area contributed by atoms with Crippen molar-refractivity contribution in [1.29, 1.82) is 5.26 Å². The van der Waals surface area contributed by atoms with Gasteiger partial charge in [0.25, 0.3) is 0 Å². The van der Waals surface area contributed by atoms with E-state index in [4.69, 9.17) is 0 Å². The lowest BCUT2D eigenvalue weighted by Crippen LogP contribution is -2.23. The second-order valence-electron chi connectivity index (χ2n) is 7.72. The Bertz CT molecular complexity index is 1160. The number of rotatable bonds is 5. The largest absolute Gasteiger partial charge is 0.316 e. The van der Waals surface area contributed by atoms with Crippen LogP contribution in [-0.2, 0) is 17.6 Å². The van der Waals surface area contributed by atoms with Gasteiger partial charge in [0.2, 0.25) is 11.1 Å². The van der Waals surface area contributed by atoms with E-state index in [1.54, 1.807) is 16.0 Å². The van der Waals surface area contributed by atoms with E-state index < -0.39 is 5.25 Å². The summed E-state index contributed by atoms with van der Waals surface area (Å²) >= 11 is 2.85. The number of anilines is 1. The number of carbonyl (C=O) groups is 1. The number of carbonyl (C=O) groups excluding carboxylic acids is 1. The molecular weight excluding hydrogens is 428 g/mol. The molecule has 0 saturated heterocycles. The first-order valence-corrected chi connectivity index (χ1v) is 12.1. The second-order valence-corrected chi connectivity index (χ2v) is 10.1. The molecule has 0 spiro atoms. The van der Waals surface area contributed by atoms with Crippen molar-refractivity contribution in [3.63, 3.8) is 0 Å². The third-order valence-electron chi connectivity index (χ3n) is 5.67. The van der Waals surface area contributed by atoms with Crippen LogP contribution in [0.25, 0.3) is 5.69 Å². The highest BCUT2D eigenvalue weighted by molar-refractivity contribution is 8.00. The topological polar surface area (TPSA) is 96.5 Å². The average Bonchev–Trinajstić information content (AvgIpc) is 3.26. The number of hydrogen-bond acceptors (Lipinski definition) is 7. The van der Waals surface area contributed by atoms with Crippen molar-refractivity contribution in [3.8, 4) is 11.8 Å². The highest BCUT2D eigenvalue weighted by atomic mass is 32.2. The van der Waals surface area contributed by atoms with Gasteiger partial charge in [0, 0.05) is 4.88 Å². The molecule has 1 aliphatic rings. The summed E-state index contributed by atoms with van der Waals surface area (Å²) in [5.74, 6) is -0.159. The molecule has 0 saturated carbocycles. The van der Waals surface area contributed by atoms with E-state index in [1.807, 2.05) is 39.0 Å². The number of aromatic nitrogens is 4. The van der Waals surface area contributed by atoms with Gasteiger partial charge >= 0.3 is 0 Å². The van der Waals surface area contributed by atoms with Crippen LogP contribution >= 0.6 is 23.1 Å². The summed E-state index contributed by atoms with van der Waals surface area (Å²) < 4.78 is 1.67. The molecule has 2 heterocycles. The molecule has 1 aromatic carbocycles. The van der Waals surface area contributed by atoms with E-state index >= 15 is 0 Å². The molecule has 7 nitrogen and oxygen atoms in total. The maximum Gasteiger partial charge on any atom is 0.238 e. The van der Waals surface area contributed by atoms with Crippen LogP contribution in [0.2, 0.25) is 0 Å². The zero-order chi connectivity index (χ0) is 22.0. The summed E-state index contributed by atoms with van der Waals surface area (Å²) in [4.78, 5) is 14.2. The molecule has 31 heavy (non-hydrogen) atoms. The van der Waals surface area contributed by atoms with Gasteiger partial charge in [-0.3, -0.25) is 4.79 Å². The number of benzene rings is 1. The lowest BCUT2D eigenvalue weighted by molar-refractivity contribution is -0.115.